The molecule has 0 heterocycles. The van der Waals surface area contributed by atoms with Gasteiger partial charge in [0.2, 0.25) is 0 Å². The van der Waals surface area contributed by atoms with Crippen LogP contribution in [0.3, 0.4) is 0 Å². The Morgan fingerprint density at radius 1 is 0.938 bits per heavy atom. The van der Waals surface area contributed by atoms with Crippen molar-refractivity contribution in [1.29, 1.82) is 5.26 Å². The molecule has 3 aromatic rings. The van der Waals surface area contributed by atoms with Crippen LogP contribution in [0.2, 0.25) is 10.0 Å². The Morgan fingerprint density at radius 2 is 1.47 bits per heavy atom. The van der Waals surface area contributed by atoms with Crippen LogP contribution in [0.4, 0.5) is 0 Å². The zero-order valence-electron chi connectivity index (χ0n) is 17.0. The number of halogens is 2. The third-order valence-electron chi connectivity index (χ3n) is 4.40. The van der Waals surface area contributed by atoms with Gasteiger partial charge in [-0.2, -0.15) is 5.26 Å². The second-order valence-electron chi connectivity index (χ2n) is 6.50. The van der Waals surface area contributed by atoms with Crippen LogP contribution in [0.25, 0.3) is 5.76 Å². The number of ether oxygens (including phenoxy) is 1. The molecule has 162 valence electrons. The molecule has 0 aliphatic heterocycles. The van der Waals surface area contributed by atoms with E-state index in [0.29, 0.717) is 20.9 Å². The van der Waals surface area contributed by atoms with E-state index in [1.807, 2.05) is 30.3 Å². The van der Waals surface area contributed by atoms with Crippen LogP contribution >= 0.6 is 29.5 Å². The minimum Gasteiger partial charge on any atom is -0.421 e. The number of allylic oxidation sites excluding steroid dienone is 1. The van der Waals surface area contributed by atoms with Gasteiger partial charge in [-0.15, -0.1) is 0 Å². The molecule has 0 N–H and O–H groups in total. The molecule has 0 bridgehead atoms. The van der Waals surface area contributed by atoms with Crippen LogP contribution < -0.4 is 5.30 Å². The Hall–Kier alpha value is -2.45. The molecule has 1 atom stereocenters. The minimum atomic E-state index is -3.05. The zero-order valence-corrected chi connectivity index (χ0v) is 20.2. The van der Waals surface area contributed by atoms with Gasteiger partial charge in [0.15, 0.2) is 5.76 Å². The fraction of sp³-hybridized carbons (Fsp3) is 0.0833. The van der Waals surface area contributed by atoms with Crippen molar-refractivity contribution in [2.24, 2.45) is 0 Å². The number of nitriles is 1. The number of nitrogens with zero attached hydrogens (tertiary/aromatic N) is 1. The average molecular weight is 502 g/mol. The highest BCUT2D eigenvalue weighted by Gasteiger charge is 2.32. The van der Waals surface area contributed by atoms with Crippen molar-refractivity contribution in [1.82, 2.24) is 0 Å². The summed E-state index contributed by atoms with van der Waals surface area (Å²) >= 11 is 17.9. The molecule has 3 aromatic carbocycles. The molecule has 0 amide bonds. The lowest BCUT2D eigenvalue weighted by atomic mass is 10.1. The molecule has 8 heteroatoms. The first-order valence-electron chi connectivity index (χ1n) is 9.58. The van der Waals surface area contributed by atoms with Gasteiger partial charge in [-0.25, -0.2) is 4.79 Å². The van der Waals surface area contributed by atoms with E-state index in [1.54, 1.807) is 55.5 Å². The fourth-order valence-corrected chi connectivity index (χ4v) is 6.25. The van der Waals surface area contributed by atoms with Gasteiger partial charge in [-0.3, -0.25) is 0 Å². The lowest BCUT2D eigenvalue weighted by Gasteiger charge is -2.24. The maximum Gasteiger partial charge on any atom is 0.343 e. The SMILES string of the molecule is CCOP(=S)(/C(C#N)=C(/OC(=O)c1ccc(Cl)cc1)c1ccc(Cl)cc1)c1ccccc1. The van der Waals surface area contributed by atoms with Crippen LogP contribution in [0.5, 0.6) is 0 Å². The summed E-state index contributed by atoms with van der Waals surface area (Å²) < 4.78 is 11.8. The second-order valence-corrected chi connectivity index (χ2v) is 11.2. The number of hydrogen-bond acceptors (Lipinski definition) is 5. The van der Waals surface area contributed by atoms with Gasteiger partial charge in [0.05, 0.1) is 5.56 Å². The molecule has 4 nitrogen and oxygen atoms in total. The molecule has 32 heavy (non-hydrogen) atoms. The summed E-state index contributed by atoms with van der Waals surface area (Å²) in [6.45, 7) is 2.09. The molecule has 3 rings (SSSR count). The number of hydrogen-bond donors (Lipinski definition) is 0. The smallest absolute Gasteiger partial charge is 0.343 e. The van der Waals surface area contributed by atoms with Crippen molar-refractivity contribution in [3.8, 4) is 6.07 Å². The summed E-state index contributed by atoms with van der Waals surface area (Å²) in [6, 6.07) is 24.2. The van der Waals surface area contributed by atoms with Gasteiger partial charge in [0, 0.05) is 27.5 Å². The van der Waals surface area contributed by atoms with Crippen LogP contribution in [-0.4, -0.2) is 12.6 Å². The monoisotopic (exact) mass is 501 g/mol. The highest BCUT2D eigenvalue weighted by molar-refractivity contribution is 8.18. The molecule has 0 spiro atoms. The van der Waals surface area contributed by atoms with Crippen molar-refractivity contribution in [2.75, 3.05) is 6.61 Å². The fourth-order valence-electron chi connectivity index (χ4n) is 2.91. The van der Waals surface area contributed by atoms with Gasteiger partial charge < -0.3 is 9.26 Å². The number of rotatable bonds is 7. The lowest BCUT2D eigenvalue weighted by Crippen LogP contribution is -2.12. The normalized spacial score (nSPS) is 13.4. The summed E-state index contributed by atoms with van der Waals surface area (Å²) in [5.41, 5.74) is 0.765. The molecule has 1 unspecified atom stereocenters. The van der Waals surface area contributed by atoms with Crippen LogP contribution in [0.1, 0.15) is 22.8 Å². The first-order chi connectivity index (χ1) is 15.4. The molecule has 0 aliphatic carbocycles. The predicted octanol–water partition coefficient (Wildman–Crippen LogP) is 6.80. The Balaban J connectivity index is 2.21. The Morgan fingerprint density at radius 3 is 1.97 bits per heavy atom. The Bertz CT molecular complexity index is 1220. The van der Waals surface area contributed by atoms with Gasteiger partial charge in [-0.1, -0.05) is 65.3 Å². The standard InChI is InChI=1S/C24H18Cl2NO3PS/c1-2-29-31(32,21-6-4-3-5-7-21)22(16-27)23(17-8-12-19(25)13-9-17)30-24(28)18-10-14-20(26)15-11-18/h3-15H,2H2,1H3/b23-22+. The highest BCUT2D eigenvalue weighted by atomic mass is 35.5. The van der Waals surface area contributed by atoms with E-state index in [2.05, 4.69) is 6.07 Å². The number of esters is 1. The van der Waals surface area contributed by atoms with Crippen LogP contribution in [0, 0.1) is 11.3 Å². The van der Waals surface area contributed by atoms with Gasteiger partial charge in [0.1, 0.15) is 17.6 Å². The lowest BCUT2D eigenvalue weighted by molar-refractivity contribution is 0.0691. The van der Waals surface area contributed by atoms with E-state index in [0.717, 1.165) is 0 Å². The number of benzene rings is 3. The quantitative estimate of drug-likeness (QED) is 0.154. The van der Waals surface area contributed by atoms with Crippen molar-refractivity contribution in [3.63, 3.8) is 0 Å². The molecule has 0 radical (unpaired) electrons. The Labute approximate surface area is 202 Å². The van der Waals surface area contributed by atoms with E-state index in [1.165, 1.54) is 0 Å². The third-order valence-corrected chi connectivity index (χ3v) is 8.90. The van der Waals surface area contributed by atoms with E-state index in [9.17, 15) is 10.1 Å². The minimum absolute atomic E-state index is 0.0461. The first-order valence-corrected chi connectivity index (χ1v) is 13.1. The van der Waals surface area contributed by atoms with Gasteiger partial charge >= 0.3 is 5.97 Å². The predicted molar refractivity (Wildman–Crippen MR) is 133 cm³/mol. The molecule has 0 fully saturated rings. The zero-order chi connectivity index (χ0) is 23.1. The molecule has 0 aliphatic rings. The van der Waals surface area contributed by atoms with E-state index in [-0.39, 0.29) is 23.2 Å². The third kappa shape index (κ3) is 5.48. The number of carbonyl (C=O) groups excluding carboxylic acids is 1. The second kappa shape index (κ2) is 10.9. The van der Waals surface area contributed by atoms with Crippen molar-refractivity contribution in [3.05, 3.63) is 105 Å². The maximum absolute atomic E-state index is 13.0. The summed E-state index contributed by atoms with van der Waals surface area (Å²) in [7, 11) is 0. The van der Waals surface area contributed by atoms with Crippen LogP contribution in [-0.2, 0) is 21.1 Å². The maximum atomic E-state index is 13.0. The van der Waals surface area contributed by atoms with Crippen molar-refractivity contribution >= 4 is 58.3 Å². The number of carbonyl (C=O) groups is 1. The molecule has 0 aromatic heterocycles. The molecule has 0 saturated carbocycles. The van der Waals surface area contributed by atoms with E-state index >= 15 is 0 Å². The van der Waals surface area contributed by atoms with Gasteiger partial charge in [0.25, 0.3) is 0 Å². The van der Waals surface area contributed by atoms with Crippen molar-refractivity contribution < 1.29 is 14.1 Å². The van der Waals surface area contributed by atoms with Crippen molar-refractivity contribution in [2.45, 2.75) is 6.92 Å². The highest BCUT2D eigenvalue weighted by Crippen LogP contribution is 2.56. The largest absolute Gasteiger partial charge is 0.421 e. The Kier molecular flexibility index (Phi) is 8.26. The molecular formula is C24H18Cl2NO3PS. The van der Waals surface area contributed by atoms with E-state index < -0.39 is 12.2 Å². The van der Waals surface area contributed by atoms with Crippen LogP contribution in [0.15, 0.2) is 84.2 Å². The summed E-state index contributed by atoms with van der Waals surface area (Å²) in [4.78, 5) is 13.0. The average Bonchev–Trinajstić information content (AvgIpc) is 2.80. The molecular weight excluding hydrogens is 484 g/mol. The summed E-state index contributed by atoms with van der Waals surface area (Å²) in [6.07, 6.45) is -3.05. The van der Waals surface area contributed by atoms with E-state index in [4.69, 9.17) is 44.3 Å². The first kappa shape index (κ1) is 24.2. The summed E-state index contributed by atoms with van der Waals surface area (Å²) in [5, 5.41) is 12.0. The molecule has 0 saturated heterocycles. The van der Waals surface area contributed by atoms with Gasteiger partial charge in [-0.05, 0) is 55.5 Å². The summed E-state index contributed by atoms with van der Waals surface area (Å²) in [5.74, 6) is -0.602. The topological polar surface area (TPSA) is 59.3 Å².